The SMILES string of the molecule is CCOCCOc1nc(NN)ccc1[N+](=O)[O-]. The number of ether oxygens (including phenoxy) is 2. The van der Waals surface area contributed by atoms with Crippen molar-refractivity contribution < 1.29 is 14.4 Å². The maximum absolute atomic E-state index is 10.7. The molecule has 0 aliphatic rings. The van der Waals surface area contributed by atoms with Crippen LogP contribution in [0, 0.1) is 10.1 Å². The van der Waals surface area contributed by atoms with Gasteiger partial charge in [0.25, 0.3) is 5.88 Å². The minimum atomic E-state index is -0.566. The van der Waals surface area contributed by atoms with Crippen LogP contribution >= 0.6 is 0 Å². The fraction of sp³-hybridized carbons (Fsp3) is 0.444. The van der Waals surface area contributed by atoms with Gasteiger partial charge in [-0.3, -0.25) is 10.1 Å². The molecule has 0 spiro atoms. The number of rotatable bonds is 7. The quantitative estimate of drug-likeness (QED) is 0.313. The van der Waals surface area contributed by atoms with E-state index in [2.05, 4.69) is 10.4 Å². The number of hydrogen-bond acceptors (Lipinski definition) is 7. The molecule has 1 aromatic rings. The van der Waals surface area contributed by atoms with Crippen LogP contribution in [0.1, 0.15) is 6.92 Å². The van der Waals surface area contributed by atoms with E-state index in [9.17, 15) is 10.1 Å². The number of anilines is 1. The molecular formula is C9H14N4O4. The Bertz CT molecular complexity index is 385. The average Bonchev–Trinajstić information content (AvgIpc) is 2.34. The molecule has 94 valence electrons. The van der Waals surface area contributed by atoms with Crippen molar-refractivity contribution in [1.82, 2.24) is 4.98 Å². The molecule has 8 heteroatoms. The highest BCUT2D eigenvalue weighted by atomic mass is 16.6. The first-order chi connectivity index (χ1) is 8.19. The summed E-state index contributed by atoms with van der Waals surface area (Å²) in [4.78, 5) is 14.0. The molecule has 0 unspecified atom stereocenters. The van der Waals surface area contributed by atoms with Crippen LogP contribution in [0.5, 0.6) is 5.88 Å². The summed E-state index contributed by atoms with van der Waals surface area (Å²) in [7, 11) is 0. The number of pyridine rings is 1. The third-order valence-corrected chi connectivity index (χ3v) is 1.86. The maximum Gasteiger partial charge on any atom is 0.331 e. The Hall–Kier alpha value is -1.93. The Balaban J connectivity index is 2.75. The highest BCUT2D eigenvalue weighted by molar-refractivity contribution is 5.48. The van der Waals surface area contributed by atoms with E-state index in [0.29, 0.717) is 19.0 Å². The van der Waals surface area contributed by atoms with Gasteiger partial charge in [-0.25, -0.2) is 5.84 Å². The molecule has 0 amide bonds. The summed E-state index contributed by atoms with van der Waals surface area (Å²) in [6.45, 7) is 2.94. The molecule has 0 saturated carbocycles. The zero-order chi connectivity index (χ0) is 12.7. The number of hydrogen-bond donors (Lipinski definition) is 2. The van der Waals surface area contributed by atoms with Crippen molar-refractivity contribution in [3.8, 4) is 5.88 Å². The zero-order valence-corrected chi connectivity index (χ0v) is 9.38. The Morgan fingerprint density at radius 2 is 2.29 bits per heavy atom. The lowest BCUT2D eigenvalue weighted by Crippen LogP contribution is -2.12. The molecule has 1 heterocycles. The molecule has 1 rings (SSSR count). The number of hydrazine groups is 1. The predicted octanol–water partition coefficient (Wildman–Crippen LogP) is 0.691. The van der Waals surface area contributed by atoms with Gasteiger partial charge in [0.1, 0.15) is 12.4 Å². The lowest BCUT2D eigenvalue weighted by atomic mass is 10.4. The Labute approximate surface area is 97.9 Å². The molecule has 0 atom stereocenters. The van der Waals surface area contributed by atoms with Gasteiger partial charge in [0, 0.05) is 12.7 Å². The van der Waals surface area contributed by atoms with Crippen LogP contribution in [0.2, 0.25) is 0 Å². The molecule has 0 bridgehead atoms. The van der Waals surface area contributed by atoms with E-state index >= 15 is 0 Å². The lowest BCUT2D eigenvalue weighted by molar-refractivity contribution is -0.386. The topological polar surface area (TPSA) is 113 Å². The van der Waals surface area contributed by atoms with Crippen LogP contribution in [-0.4, -0.2) is 29.7 Å². The molecular weight excluding hydrogens is 228 g/mol. The minimum Gasteiger partial charge on any atom is -0.470 e. The zero-order valence-electron chi connectivity index (χ0n) is 9.38. The van der Waals surface area contributed by atoms with Gasteiger partial charge in [-0.05, 0) is 13.0 Å². The van der Waals surface area contributed by atoms with E-state index in [1.165, 1.54) is 12.1 Å². The maximum atomic E-state index is 10.7. The van der Waals surface area contributed by atoms with Crippen molar-refractivity contribution in [2.75, 3.05) is 25.2 Å². The van der Waals surface area contributed by atoms with E-state index in [4.69, 9.17) is 15.3 Å². The molecule has 17 heavy (non-hydrogen) atoms. The van der Waals surface area contributed by atoms with Gasteiger partial charge < -0.3 is 14.9 Å². The molecule has 0 aliphatic heterocycles. The van der Waals surface area contributed by atoms with Gasteiger partial charge in [-0.15, -0.1) is 0 Å². The van der Waals surface area contributed by atoms with Gasteiger partial charge >= 0.3 is 5.69 Å². The fourth-order valence-corrected chi connectivity index (χ4v) is 1.10. The molecule has 3 N–H and O–H groups in total. The van der Waals surface area contributed by atoms with E-state index in [0.717, 1.165) is 0 Å². The third kappa shape index (κ3) is 3.85. The van der Waals surface area contributed by atoms with E-state index < -0.39 is 4.92 Å². The normalized spacial score (nSPS) is 10.0. The second kappa shape index (κ2) is 6.61. The Kier molecular flexibility index (Phi) is 5.11. The molecule has 0 aliphatic carbocycles. The van der Waals surface area contributed by atoms with Crippen molar-refractivity contribution in [2.24, 2.45) is 5.84 Å². The van der Waals surface area contributed by atoms with Gasteiger partial charge in [-0.1, -0.05) is 0 Å². The van der Waals surface area contributed by atoms with Crippen LogP contribution in [0.25, 0.3) is 0 Å². The van der Waals surface area contributed by atoms with Crippen LogP contribution in [0.15, 0.2) is 12.1 Å². The second-order valence-electron chi connectivity index (χ2n) is 2.97. The van der Waals surface area contributed by atoms with Gasteiger partial charge in [0.05, 0.1) is 11.5 Å². The summed E-state index contributed by atoms with van der Waals surface area (Å²) >= 11 is 0. The first-order valence-electron chi connectivity index (χ1n) is 5.01. The summed E-state index contributed by atoms with van der Waals surface area (Å²) in [6.07, 6.45) is 0. The number of nitro groups is 1. The number of aromatic nitrogens is 1. The minimum absolute atomic E-state index is 0.0786. The van der Waals surface area contributed by atoms with Crippen molar-refractivity contribution in [3.63, 3.8) is 0 Å². The van der Waals surface area contributed by atoms with Gasteiger partial charge in [0.15, 0.2) is 0 Å². The third-order valence-electron chi connectivity index (χ3n) is 1.86. The summed E-state index contributed by atoms with van der Waals surface area (Å²) in [5.41, 5.74) is 2.08. The molecule has 0 fully saturated rings. The Morgan fingerprint density at radius 3 is 2.88 bits per heavy atom. The molecule has 0 saturated heterocycles. The second-order valence-corrected chi connectivity index (χ2v) is 2.97. The van der Waals surface area contributed by atoms with Crippen LogP contribution in [-0.2, 0) is 4.74 Å². The molecule has 0 aromatic carbocycles. The van der Waals surface area contributed by atoms with E-state index in [-0.39, 0.29) is 18.2 Å². The summed E-state index contributed by atoms with van der Waals surface area (Å²) in [5.74, 6) is 5.37. The van der Waals surface area contributed by atoms with Crippen LogP contribution in [0.4, 0.5) is 11.5 Å². The van der Waals surface area contributed by atoms with E-state index in [1.807, 2.05) is 6.92 Å². The first kappa shape index (κ1) is 13.1. The average molecular weight is 242 g/mol. The highest BCUT2D eigenvalue weighted by Gasteiger charge is 2.17. The number of nitrogens with zero attached hydrogens (tertiary/aromatic N) is 2. The monoisotopic (exact) mass is 242 g/mol. The molecule has 0 radical (unpaired) electrons. The fourth-order valence-electron chi connectivity index (χ4n) is 1.10. The standard InChI is InChI=1S/C9H14N4O4/c1-2-16-5-6-17-9-7(13(14)15)3-4-8(11-9)12-10/h3-4H,2,5-6,10H2,1H3,(H,11,12). The van der Waals surface area contributed by atoms with E-state index in [1.54, 1.807) is 0 Å². The first-order valence-corrected chi connectivity index (χ1v) is 5.01. The molecule has 1 aromatic heterocycles. The smallest absolute Gasteiger partial charge is 0.331 e. The molecule has 8 nitrogen and oxygen atoms in total. The van der Waals surface area contributed by atoms with Crippen molar-refractivity contribution in [1.29, 1.82) is 0 Å². The number of nitrogens with one attached hydrogen (secondary N) is 1. The number of nitrogen functional groups attached to an aromatic ring is 1. The lowest BCUT2D eigenvalue weighted by Gasteiger charge is -2.07. The summed E-state index contributed by atoms with van der Waals surface area (Å²) in [5, 5.41) is 10.7. The van der Waals surface area contributed by atoms with Crippen molar-refractivity contribution in [3.05, 3.63) is 22.2 Å². The summed E-state index contributed by atoms with van der Waals surface area (Å²) < 4.78 is 10.2. The largest absolute Gasteiger partial charge is 0.470 e. The van der Waals surface area contributed by atoms with Gasteiger partial charge in [-0.2, -0.15) is 4.98 Å². The highest BCUT2D eigenvalue weighted by Crippen LogP contribution is 2.25. The van der Waals surface area contributed by atoms with Gasteiger partial charge in [0.2, 0.25) is 0 Å². The van der Waals surface area contributed by atoms with Crippen molar-refractivity contribution in [2.45, 2.75) is 6.92 Å². The van der Waals surface area contributed by atoms with Crippen LogP contribution < -0.4 is 16.0 Å². The van der Waals surface area contributed by atoms with Crippen molar-refractivity contribution >= 4 is 11.5 Å². The van der Waals surface area contributed by atoms with Crippen LogP contribution in [0.3, 0.4) is 0 Å². The number of nitrogens with two attached hydrogens (primary N) is 1. The Morgan fingerprint density at radius 1 is 1.53 bits per heavy atom. The predicted molar refractivity (Wildman–Crippen MR) is 60.7 cm³/mol. The summed E-state index contributed by atoms with van der Waals surface area (Å²) in [6, 6.07) is 2.67.